The van der Waals surface area contributed by atoms with Crippen molar-refractivity contribution in [3.8, 4) is 0 Å². The lowest BCUT2D eigenvalue weighted by Crippen LogP contribution is -2.64. The molecule has 13 heteroatoms. The van der Waals surface area contributed by atoms with Gasteiger partial charge in [-0.2, -0.15) is 0 Å². The third-order valence-electron chi connectivity index (χ3n) is 5.66. The molecule has 3 saturated heterocycles. The molecule has 14 atom stereocenters. The average molecular weight is 442 g/mol. The molecule has 3 aliphatic heterocycles. The lowest BCUT2D eigenvalue weighted by Gasteiger charge is -2.46. The molecule has 8 N–H and O–H groups in total. The topological polar surface area (TPSA) is 208 Å². The van der Waals surface area contributed by atoms with Crippen LogP contribution < -0.4 is 0 Å². The summed E-state index contributed by atoms with van der Waals surface area (Å²) in [5, 5.41) is 80.2. The van der Waals surface area contributed by atoms with Gasteiger partial charge in [0.2, 0.25) is 0 Å². The monoisotopic (exact) mass is 442 g/mol. The maximum absolute atomic E-state index is 10.6. The Kier molecular flexibility index (Phi) is 7.67. The molecular formula is C17H30O13. The van der Waals surface area contributed by atoms with Crippen LogP contribution in [0, 0.1) is 0 Å². The number of hydrogen-bond donors (Lipinski definition) is 8. The first-order valence-corrected chi connectivity index (χ1v) is 9.71. The first kappa shape index (κ1) is 24.1. The van der Waals surface area contributed by atoms with E-state index in [1.807, 2.05) is 0 Å². The molecule has 0 bridgehead atoms. The molecule has 3 rings (SSSR count). The number of aliphatic hydroxyl groups excluding tert-OH is 8. The highest BCUT2D eigenvalue weighted by Crippen LogP contribution is 2.32. The highest BCUT2D eigenvalue weighted by molar-refractivity contribution is 4.94. The Morgan fingerprint density at radius 2 is 1.10 bits per heavy atom. The lowest BCUT2D eigenvalue weighted by molar-refractivity contribution is -0.361. The molecular weight excluding hydrogens is 412 g/mol. The van der Waals surface area contributed by atoms with E-state index < -0.39 is 92.6 Å². The van der Waals surface area contributed by atoms with Gasteiger partial charge in [-0.05, 0) is 13.8 Å². The number of ether oxygens (including phenoxy) is 5. The van der Waals surface area contributed by atoms with Crippen molar-refractivity contribution in [3.05, 3.63) is 0 Å². The van der Waals surface area contributed by atoms with Crippen LogP contribution in [0.1, 0.15) is 13.8 Å². The van der Waals surface area contributed by atoms with Crippen LogP contribution in [-0.4, -0.2) is 133 Å². The van der Waals surface area contributed by atoms with E-state index >= 15 is 0 Å². The van der Waals surface area contributed by atoms with E-state index in [1.54, 1.807) is 0 Å². The fourth-order valence-corrected chi connectivity index (χ4v) is 3.73. The van der Waals surface area contributed by atoms with Gasteiger partial charge in [-0.1, -0.05) is 0 Å². The van der Waals surface area contributed by atoms with Crippen LogP contribution in [-0.2, 0) is 23.7 Å². The summed E-state index contributed by atoms with van der Waals surface area (Å²) in [4.78, 5) is 0. The molecule has 0 radical (unpaired) electrons. The van der Waals surface area contributed by atoms with Crippen molar-refractivity contribution in [3.63, 3.8) is 0 Å². The Labute approximate surface area is 171 Å². The van der Waals surface area contributed by atoms with Gasteiger partial charge in [0.15, 0.2) is 18.9 Å². The van der Waals surface area contributed by atoms with E-state index in [1.165, 1.54) is 13.8 Å². The zero-order valence-electron chi connectivity index (χ0n) is 16.4. The summed E-state index contributed by atoms with van der Waals surface area (Å²) in [5.74, 6) is 0. The summed E-state index contributed by atoms with van der Waals surface area (Å²) in [5.41, 5.74) is 0. The first-order valence-electron chi connectivity index (χ1n) is 9.71. The van der Waals surface area contributed by atoms with Gasteiger partial charge in [-0.3, -0.25) is 0 Å². The molecule has 3 aliphatic rings. The second-order valence-electron chi connectivity index (χ2n) is 7.81. The standard InChI is InChI=1S/C17H30O13/c1-4-7(19)13(11(23)15(25)26-4)29-17-12(24)14(8(20)5(2)27-17)30-16-10(22)9(21)6(3-18)28-16/h4-25H,3H2,1-2H3/t4-,5-,6+,7-,8-,9+,10+,11+,12+,13+,14+,15+,16-,17-/m0/s1. The number of hydrogen-bond acceptors (Lipinski definition) is 13. The van der Waals surface area contributed by atoms with Crippen LogP contribution in [0.2, 0.25) is 0 Å². The Morgan fingerprint density at radius 1 is 0.600 bits per heavy atom. The molecule has 0 aliphatic carbocycles. The van der Waals surface area contributed by atoms with E-state index in [2.05, 4.69) is 0 Å². The zero-order chi connectivity index (χ0) is 22.3. The van der Waals surface area contributed by atoms with Gasteiger partial charge in [-0.25, -0.2) is 0 Å². The molecule has 0 aromatic rings. The minimum Gasteiger partial charge on any atom is -0.394 e. The maximum atomic E-state index is 10.6. The molecule has 3 fully saturated rings. The van der Waals surface area contributed by atoms with Crippen molar-refractivity contribution in [2.45, 2.75) is 99.9 Å². The summed E-state index contributed by atoms with van der Waals surface area (Å²) >= 11 is 0. The van der Waals surface area contributed by atoms with Gasteiger partial charge in [0.05, 0.1) is 18.8 Å². The summed E-state index contributed by atoms with van der Waals surface area (Å²) < 4.78 is 26.6. The average Bonchev–Trinajstić information content (AvgIpc) is 2.98. The summed E-state index contributed by atoms with van der Waals surface area (Å²) in [6.07, 6.45) is -19.4. The number of rotatable bonds is 5. The largest absolute Gasteiger partial charge is 0.394 e. The van der Waals surface area contributed by atoms with Crippen molar-refractivity contribution in [2.75, 3.05) is 6.61 Å². The van der Waals surface area contributed by atoms with Crippen LogP contribution in [0.25, 0.3) is 0 Å². The van der Waals surface area contributed by atoms with E-state index in [0.717, 1.165) is 0 Å². The predicted octanol–water partition coefficient (Wildman–Crippen LogP) is -4.88. The van der Waals surface area contributed by atoms with Gasteiger partial charge in [0, 0.05) is 0 Å². The third kappa shape index (κ3) is 4.49. The highest BCUT2D eigenvalue weighted by Gasteiger charge is 2.52. The van der Waals surface area contributed by atoms with Crippen LogP contribution in [0.4, 0.5) is 0 Å². The zero-order valence-corrected chi connectivity index (χ0v) is 16.4. The summed E-state index contributed by atoms with van der Waals surface area (Å²) in [6, 6.07) is 0. The van der Waals surface area contributed by atoms with Crippen molar-refractivity contribution in [1.82, 2.24) is 0 Å². The van der Waals surface area contributed by atoms with Gasteiger partial charge in [0.25, 0.3) is 0 Å². The fraction of sp³-hybridized carbons (Fsp3) is 1.00. The Bertz CT molecular complexity index is 552. The smallest absolute Gasteiger partial charge is 0.187 e. The van der Waals surface area contributed by atoms with Crippen molar-refractivity contribution >= 4 is 0 Å². The van der Waals surface area contributed by atoms with Crippen LogP contribution in [0.15, 0.2) is 0 Å². The molecule has 30 heavy (non-hydrogen) atoms. The third-order valence-corrected chi connectivity index (χ3v) is 5.66. The molecule has 0 amide bonds. The van der Waals surface area contributed by atoms with E-state index in [-0.39, 0.29) is 0 Å². The van der Waals surface area contributed by atoms with Crippen molar-refractivity contribution in [2.24, 2.45) is 0 Å². The van der Waals surface area contributed by atoms with Gasteiger partial charge >= 0.3 is 0 Å². The van der Waals surface area contributed by atoms with Gasteiger partial charge in [0.1, 0.15) is 54.9 Å². The molecule has 0 saturated carbocycles. The summed E-state index contributed by atoms with van der Waals surface area (Å²) in [6.45, 7) is 2.32. The molecule has 0 aromatic carbocycles. The molecule has 3 heterocycles. The second kappa shape index (κ2) is 9.54. The van der Waals surface area contributed by atoms with Gasteiger partial charge < -0.3 is 64.5 Å². The quantitative estimate of drug-likeness (QED) is 0.201. The molecule has 13 nitrogen and oxygen atoms in total. The van der Waals surface area contributed by atoms with Crippen LogP contribution in [0.5, 0.6) is 0 Å². The first-order chi connectivity index (χ1) is 14.1. The SMILES string of the molecule is C[C@@H]1O[C@@H](O)[C@H](O)[C@H](O[C@@H]2O[C@@H](C)[C@H](O)[C@@H](O[C@@H]3O[C@H](CO)[C@@H](O)[C@H]3O)[C@H]2O)[C@H]1O. The molecule has 0 unspecified atom stereocenters. The minimum absolute atomic E-state index is 0.584. The highest BCUT2D eigenvalue weighted by atomic mass is 16.7. The lowest BCUT2D eigenvalue weighted by atomic mass is 9.97. The predicted molar refractivity (Wildman–Crippen MR) is 92.4 cm³/mol. The van der Waals surface area contributed by atoms with Crippen LogP contribution >= 0.6 is 0 Å². The minimum atomic E-state index is -1.67. The van der Waals surface area contributed by atoms with Crippen molar-refractivity contribution in [1.29, 1.82) is 0 Å². The van der Waals surface area contributed by atoms with E-state index in [9.17, 15) is 40.9 Å². The fourth-order valence-electron chi connectivity index (χ4n) is 3.73. The number of aliphatic hydroxyl groups is 8. The summed E-state index contributed by atoms with van der Waals surface area (Å²) in [7, 11) is 0. The maximum Gasteiger partial charge on any atom is 0.187 e. The Morgan fingerprint density at radius 3 is 1.63 bits per heavy atom. The van der Waals surface area contributed by atoms with Gasteiger partial charge in [-0.15, -0.1) is 0 Å². The van der Waals surface area contributed by atoms with Crippen LogP contribution in [0.3, 0.4) is 0 Å². The van der Waals surface area contributed by atoms with E-state index in [4.69, 9.17) is 23.7 Å². The van der Waals surface area contributed by atoms with Crippen molar-refractivity contribution < 1.29 is 64.5 Å². The molecule has 176 valence electrons. The Balaban J connectivity index is 1.72. The molecule has 0 spiro atoms. The normalized spacial score (nSPS) is 55.0. The second-order valence-corrected chi connectivity index (χ2v) is 7.81. The molecule has 0 aromatic heterocycles. The van der Waals surface area contributed by atoms with E-state index in [0.29, 0.717) is 0 Å². The Hall–Kier alpha value is -0.520.